The van der Waals surface area contributed by atoms with Crippen molar-refractivity contribution < 1.29 is 9.53 Å². The Morgan fingerprint density at radius 3 is 2.25 bits per heavy atom. The summed E-state index contributed by atoms with van der Waals surface area (Å²) >= 11 is 0. The number of carbonyl (C=O) groups excluding carboxylic acids is 1. The number of hydrogen-bond acceptors (Lipinski definition) is 3. The molecule has 112 valence electrons. The fourth-order valence-electron chi connectivity index (χ4n) is 1.80. The molecule has 0 bridgehead atoms. The van der Waals surface area contributed by atoms with E-state index >= 15 is 0 Å². The molecule has 1 rings (SSSR count). The van der Waals surface area contributed by atoms with Gasteiger partial charge in [0, 0.05) is 11.6 Å². The Morgan fingerprint density at radius 2 is 1.80 bits per heavy atom. The van der Waals surface area contributed by atoms with Crippen LogP contribution in [0.25, 0.3) is 0 Å². The number of amides is 1. The van der Waals surface area contributed by atoms with Crippen LogP contribution in [0.2, 0.25) is 0 Å². The lowest BCUT2D eigenvalue weighted by molar-refractivity contribution is -0.128. The highest BCUT2D eigenvalue weighted by Gasteiger charge is 2.20. The lowest BCUT2D eigenvalue weighted by Gasteiger charge is -2.23. The molecule has 3 N–H and O–H groups in total. The maximum Gasteiger partial charge on any atom is 0.261 e. The highest BCUT2D eigenvalue weighted by atomic mass is 16.5. The summed E-state index contributed by atoms with van der Waals surface area (Å²) in [5, 5.41) is 2.90. The Bertz CT molecular complexity index is 433. The van der Waals surface area contributed by atoms with Gasteiger partial charge in [-0.3, -0.25) is 4.79 Å². The van der Waals surface area contributed by atoms with Gasteiger partial charge in [0.1, 0.15) is 5.75 Å². The van der Waals surface area contributed by atoms with Crippen LogP contribution in [0.15, 0.2) is 24.3 Å². The number of hydrogen-bond donors (Lipinski definition) is 2. The summed E-state index contributed by atoms with van der Waals surface area (Å²) in [6, 6.07) is 7.84. The molecule has 0 heterocycles. The molecule has 0 radical (unpaired) electrons. The minimum atomic E-state index is -0.520. The van der Waals surface area contributed by atoms with Crippen LogP contribution >= 0.6 is 0 Å². The van der Waals surface area contributed by atoms with E-state index in [2.05, 4.69) is 5.32 Å². The minimum Gasteiger partial charge on any atom is -0.481 e. The number of ether oxygens (including phenoxy) is 1. The Morgan fingerprint density at radius 1 is 1.25 bits per heavy atom. The number of nitrogens with two attached hydrogens (primary N) is 1. The predicted molar refractivity (Wildman–Crippen MR) is 81.8 cm³/mol. The standard InChI is InChI=1S/C16H26N2O2/c1-11(17)10-13-6-8-14(9-7-13)20-12(2)15(19)18-16(3,4)5/h6-9,11-12H,10,17H2,1-5H3,(H,18,19). The van der Waals surface area contributed by atoms with Crippen molar-refractivity contribution in [2.45, 2.75) is 58.7 Å². The van der Waals surface area contributed by atoms with E-state index in [9.17, 15) is 4.79 Å². The summed E-state index contributed by atoms with van der Waals surface area (Å²) in [6.45, 7) is 9.56. The second kappa shape index (κ2) is 6.75. The number of carbonyl (C=O) groups is 1. The van der Waals surface area contributed by atoms with Gasteiger partial charge in [-0.25, -0.2) is 0 Å². The molecule has 0 aliphatic carbocycles. The summed E-state index contributed by atoms with van der Waals surface area (Å²) in [5.74, 6) is 0.576. The highest BCUT2D eigenvalue weighted by Crippen LogP contribution is 2.15. The van der Waals surface area contributed by atoms with E-state index in [0.29, 0.717) is 5.75 Å². The molecule has 0 fully saturated rings. The van der Waals surface area contributed by atoms with Crippen molar-refractivity contribution in [2.24, 2.45) is 5.73 Å². The second-order valence-corrected chi connectivity index (χ2v) is 6.32. The van der Waals surface area contributed by atoms with Crippen LogP contribution in [0.1, 0.15) is 40.2 Å². The third kappa shape index (κ3) is 6.06. The zero-order chi connectivity index (χ0) is 15.3. The lowest BCUT2D eigenvalue weighted by Crippen LogP contribution is -2.46. The zero-order valence-electron chi connectivity index (χ0n) is 13.1. The van der Waals surface area contributed by atoms with E-state index in [0.717, 1.165) is 6.42 Å². The summed E-state index contributed by atoms with van der Waals surface area (Å²) < 4.78 is 5.64. The molecule has 0 saturated carbocycles. The molecule has 0 aliphatic heterocycles. The van der Waals surface area contributed by atoms with E-state index in [-0.39, 0.29) is 17.5 Å². The van der Waals surface area contributed by atoms with E-state index in [4.69, 9.17) is 10.5 Å². The average Bonchev–Trinajstić information content (AvgIpc) is 2.28. The van der Waals surface area contributed by atoms with Gasteiger partial charge in [-0.05, 0) is 58.7 Å². The van der Waals surface area contributed by atoms with Crippen molar-refractivity contribution in [1.29, 1.82) is 0 Å². The second-order valence-electron chi connectivity index (χ2n) is 6.32. The molecule has 2 unspecified atom stereocenters. The van der Waals surface area contributed by atoms with Crippen LogP contribution in [0, 0.1) is 0 Å². The third-order valence-corrected chi connectivity index (χ3v) is 2.66. The quantitative estimate of drug-likeness (QED) is 0.868. The Labute approximate surface area is 121 Å². The van der Waals surface area contributed by atoms with Crippen molar-refractivity contribution >= 4 is 5.91 Å². The van der Waals surface area contributed by atoms with Crippen LogP contribution in [0.5, 0.6) is 5.75 Å². The third-order valence-electron chi connectivity index (χ3n) is 2.66. The summed E-state index contributed by atoms with van der Waals surface area (Å²) in [6.07, 6.45) is 0.314. The van der Waals surface area contributed by atoms with E-state index in [1.807, 2.05) is 52.0 Å². The van der Waals surface area contributed by atoms with Gasteiger partial charge in [0.15, 0.2) is 6.10 Å². The molecule has 4 heteroatoms. The van der Waals surface area contributed by atoms with Crippen LogP contribution in [0.4, 0.5) is 0 Å². The maximum atomic E-state index is 11.9. The van der Waals surface area contributed by atoms with Gasteiger partial charge in [-0.2, -0.15) is 0 Å². The van der Waals surface area contributed by atoms with Crippen LogP contribution in [-0.2, 0) is 11.2 Å². The fraction of sp³-hybridized carbons (Fsp3) is 0.562. The Hall–Kier alpha value is -1.55. The molecule has 4 nitrogen and oxygen atoms in total. The molecule has 0 spiro atoms. The Balaban J connectivity index is 2.58. The summed E-state index contributed by atoms with van der Waals surface area (Å²) in [7, 11) is 0. The first-order valence-corrected chi connectivity index (χ1v) is 7.00. The molecule has 20 heavy (non-hydrogen) atoms. The summed E-state index contributed by atoms with van der Waals surface area (Å²) in [5.41, 5.74) is 6.67. The molecular weight excluding hydrogens is 252 g/mol. The van der Waals surface area contributed by atoms with Crippen molar-refractivity contribution in [2.75, 3.05) is 0 Å². The molecule has 1 aromatic carbocycles. The van der Waals surface area contributed by atoms with Gasteiger partial charge < -0.3 is 15.8 Å². The van der Waals surface area contributed by atoms with Gasteiger partial charge in [-0.15, -0.1) is 0 Å². The average molecular weight is 278 g/mol. The fourth-order valence-corrected chi connectivity index (χ4v) is 1.80. The van der Waals surface area contributed by atoms with Gasteiger partial charge in [0.25, 0.3) is 5.91 Å². The molecule has 0 aliphatic rings. The predicted octanol–water partition coefficient (Wildman–Crippen LogP) is 2.26. The normalized spacial score (nSPS) is 14.5. The maximum absolute atomic E-state index is 11.9. The van der Waals surface area contributed by atoms with Crippen molar-refractivity contribution in [3.8, 4) is 5.75 Å². The van der Waals surface area contributed by atoms with E-state index < -0.39 is 6.10 Å². The topological polar surface area (TPSA) is 64.3 Å². The van der Waals surface area contributed by atoms with Gasteiger partial charge in [0.05, 0.1) is 0 Å². The first-order chi connectivity index (χ1) is 9.17. The monoisotopic (exact) mass is 278 g/mol. The largest absolute Gasteiger partial charge is 0.481 e. The zero-order valence-corrected chi connectivity index (χ0v) is 13.1. The van der Waals surface area contributed by atoms with Gasteiger partial charge in [0.2, 0.25) is 0 Å². The molecule has 1 amide bonds. The molecule has 1 aromatic rings. The lowest BCUT2D eigenvalue weighted by atomic mass is 10.1. The first-order valence-electron chi connectivity index (χ1n) is 7.00. The van der Waals surface area contributed by atoms with Crippen LogP contribution in [-0.4, -0.2) is 23.6 Å². The molecular formula is C16H26N2O2. The first kappa shape index (κ1) is 16.5. The van der Waals surface area contributed by atoms with E-state index in [1.54, 1.807) is 6.92 Å². The molecule has 0 saturated heterocycles. The van der Waals surface area contributed by atoms with Crippen molar-refractivity contribution in [1.82, 2.24) is 5.32 Å². The van der Waals surface area contributed by atoms with Crippen LogP contribution < -0.4 is 15.8 Å². The SMILES string of the molecule is CC(N)Cc1ccc(OC(C)C(=O)NC(C)(C)C)cc1. The molecule has 2 atom stereocenters. The van der Waals surface area contributed by atoms with Gasteiger partial charge in [-0.1, -0.05) is 12.1 Å². The summed E-state index contributed by atoms with van der Waals surface area (Å²) in [4.78, 5) is 11.9. The molecule has 0 aromatic heterocycles. The van der Waals surface area contributed by atoms with Crippen LogP contribution in [0.3, 0.4) is 0 Å². The Kier molecular flexibility index (Phi) is 5.57. The number of nitrogens with one attached hydrogen (secondary N) is 1. The number of benzene rings is 1. The van der Waals surface area contributed by atoms with E-state index in [1.165, 1.54) is 5.56 Å². The minimum absolute atomic E-state index is 0.114. The van der Waals surface area contributed by atoms with Crippen molar-refractivity contribution in [3.05, 3.63) is 29.8 Å². The van der Waals surface area contributed by atoms with Crippen molar-refractivity contribution in [3.63, 3.8) is 0 Å². The van der Waals surface area contributed by atoms with Gasteiger partial charge >= 0.3 is 0 Å². The number of rotatable bonds is 5. The highest BCUT2D eigenvalue weighted by molar-refractivity contribution is 5.81. The smallest absolute Gasteiger partial charge is 0.261 e.